The van der Waals surface area contributed by atoms with Crippen LogP contribution >= 0.6 is 0 Å². The Morgan fingerprint density at radius 3 is 2.33 bits per heavy atom. The van der Waals surface area contributed by atoms with Crippen LogP contribution in [0.3, 0.4) is 0 Å². The highest BCUT2D eigenvalue weighted by Crippen LogP contribution is 2.57. The van der Waals surface area contributed by atoms with Crippen LogP contribution in [0.25, 0.3) is 0 Å². The van der Waals surface area contributed by atoms with Gasteiger partial charge >= 0.3 is 0 Å². The predicted molar refractivity (Wildman–Crippen MR) is 39.2 cm³/mol. The maximum absolute atomic E-state index is 2.45. The van der Waals surface area contributed by atoms with Gasteiger partial charge < -0.3 is 0 Å². The lowest BCUT2D eigenvalue weighted by Gasteiger charge is -2.53. The average molecular weight is 124 g/mol. The number of hydrogen-bond donors (Lipinski definition) is 0. The van der Waals surface area contributed by atoms with Crippen molar-refractivity contribution in [3.63, 3.8) is 0 Å². The second-order valence-electron chi connectivity index (χ2n) is 4.49. The van der Waals surface area contributed by atoms with Crippen molar-refractivity contribution in [3.05, 3.63) is 0 Å². The van der Waals surface area contributed by atoms with Crippen LogP contribution in [-0.2, 0) is 0 Å². The van der Waals surface area contributed by atoms with Crippen LogP contribution in [0, 0.1) is 17.3 Å². The zero-order chi connectivity index (χ0) is 6.48. The Morgan fingerprint density at radius 1 is 1.33 bits per heavy atom. The van der Waals surface area contributed by atoms with E-state index in [-0.39, 0.29) is 0 Å². The third-order valence-electron chi connectivity index (χ3n) is 3.52. The molecule has 3 aliphatic carbocycles. The highest BCUT2D eigenvalue weighted by atomic mass is 14.5. The molecule has 0 aromatic carbocycles. The van der Waals surface area contributed by atoms with Crippen molar-refractivity contribution in [2.45, 2.75) is 39.5 Å². The van der Waals surface area contributed by atoms with E-state index in [4.69, 9.17) is 0 Å². The first-order chi connectivity index (χ1) is 4.20. The van der Waals surface area contributed by atoms with Crippen LogP contribution in [0.15, 0.2) is 0 Å². The second-order valence-corrected chi connectivity index (χ2v) is 4.49. The molecule has 0 radical (unpaired) electrons. The molecule has 0 amide bonds. The molecule has 3 fully saturated rings. The molecule has 0 spiro atoms. The molecule has 0 N–H and O–H groups in total. The van der Waals surface area contributed by atoms with Gasteiger partial charge in [-0.3, -0.25) is 0 Å². The summed E-state index contributed by atoms with van der Waals surface area (Å²) in [4.78, 5) is 0. The highest BCUT2D eigenvalue weighted by molar-refractivity contribution is 4.96. The molecule has 3 rings (SSSR count). The lowest BCUT2D eigenvalue weighted by Crippen LogP contribution is -2.43. The van der Waals surface area contributed by atoms with E-state index in [0.29, 0.717) is 0 Å². The summed E-state index contributed by atoms with van der Waals surface area (Å²) in [6.45, 7) is 4.87. The Bertz CT molecular complexity index is 114. The Labute approximate surface area is 57.6 Å². The van der Waals surface area contributed by atoms with Crippen LogP contribution in [-0.4, -0.2) is 0 Å². The van der Waals surface area contributed by atoms with Gasteiger partial charge in [-0.05, 0) is 42.9 Å². The summed E-state index contributed by atoms with van der Waals surface area (Å²) < 4.78 is 0. The van der Waals surface area contributed by atoms with Crippen molar-refractivity contribution in [2.24, 2.45) is 17.3 Å². The standard InChI is InChI=1S/C9H16/c1-7-3-4-9(2)5-8(7)6-9/h7-8H,3-6H2,1-2H3. The molecule has 0 saturated heterocycles. The molecule has 0 heteroatoms. The van der Waals surface area contributed by atoms with Crippen LogP contribution in [0.5, 0.6) is 0 Å². The molecule has 0 heterocycles. The third-order valence-corrected chi connectivity index (χ3v) is 3.52. The molecule has 9 heavy (non-hydrogen) atoms. The fourth-order valence-corrected chi connectivity index (χ4v) is 2.62. The molecule has 1 unspecified atom stereocenters. The average Bonchev–Trinajstić information content (AvgIpc) is 1.73. The van der Waals surface area contributed by atoms with Gasteiger partial charge in [-0.25, -0.2) is 0 Å². The van der Waals surface area contributed by atoms with Gasteiger partial charge in [0.05, 0.1) is 0 Å². The first kappa shape index (κ1) is 5.76. The number of rotatable bonds is 0. The van der Waals surface area contributed by atoms with Gasteiger partial charge in [-0.15, -0.1) is 0 Å². The first-order valence-electron chi connectivity index (χ1n) is 4.20. The normalized spacial score (nSPS) is 56.7. The van der Waals surface area contributed by atoms with Crippen molar-refractivity contribution >= 4 is 0 Å². The Balaban J connectivity index is 2.05. The van der Waals surface area contributed by atoms with Crippen LogP contribution < -0.4 is 0 Å². The van der Waals surface area contributed by atoms with Gasteiger partial charge in [-0.2, -0.15) is 0 Å². The molecule has 0 aliphatic heterocycles. The monoisotopic (exact) mass is 124 g/mol. The van der Waals surface area contributed by atoms with Crippen molar-refractivity contribution in [3.8, 4) is 0 Å². The molecular formula is C9H16. The van der Waals surface area contributed by atoms with Crippen molar-refractivity contribution < 1.29 is 0 Å². The molecule has 0 aromatic heterocycles. The minimum atomic E-state index is 0.803. The van der Waals surface area contributed by atoms with Gasteiger partial charge in [0.15, 0.2) is 0 Å². The zero-order valence-electron chi connectivity index (χ0n) is 6.48. The van der Waals surface area contributed by atoms with Crippen LogP contribution in [0.1, 0.15) is 39.5 Å². The van der Waals surface area contributed by atoms with Gasteiger partial charge in [0.25, 0.3) is 0 Å². The molecule has 0 aromatic rings. The van der Waals surface area contributed by atoms with E-state index in [1.165, 1.54) is 25.7 Å². The largest absolute Gasteiger partial charge is 0.0622 e. The smallest absolute Gasteiger partial charge is 0.0320 e. The Hall–Kier alpha value is 0. The summed E-state index contributed by atoms with van der Waals surface area (Å²) in [7, 11) is 0. The molecule has 0 nitrogen and oxygen atoms in total. The van der Waals surface area contributed by atoms with E-state index in [1.807, 2.05) is 0 Å². The maximum Gasteiger partial charge on any atom is -0.0320 e. The lowest BCUT2D eigenvalue weighted by atomic mass is 9.52. The summed E-state index contributed by atoms with van der Waals surface area (Å²) in [6.07, 6.45) is 6.08. The fraction of sp³-hybridized carbons (Fsp3) is 1.00. The van der Waals surface area contributed by atoms with E-state index in [2.05, 4.69) is 13.8 Å². The third kappa shape index (κ3) is 0.720. The molecule has 52 valence electrons. The molecule has 3 aliphatic rings. The fourth-order valence-electron chi connectivity index (χ4n) is 2.62. The van der Waals surface area contributed by atoms with Gasteiger partial charge in [0.2, 0.25) is 0 Å². The highest BCUT2D eigenvalue weighted by Gasteiger charge is 2.46. The zero-order valence-corrected chi connectivity index (χ0v) is 6.48. The first-order valence-corrected chi connectivity index (χ1v) is 4.20. The van der Waals surface area contributed by atoms with E-state index in [9.17, 15) is 0 Å². The summed E-state index contributed by atoms with van der Waals surface area (Å²) in [5.41, 5.74) is 0.803. The quantitative estimate of drug-likeness (QED) is 0.466. The topological polar surface area (TPSA) is 0 Å². The predicted octanol–water partition coefficient (Wildman–Crippen LogP) is 2.83. The van der Waals surface area contributed by atoms with E-state index in [0.717, 1.165) is 17.3 Å². The van der Waals surface area contributed by atoms with Crippen LogP contribution in [0.2, 0.25) is 0 Å². The van der Waals surface area contributed by atoms with Crippen molar-refractivity contribution in [2.75, 3.05) is 0 Å². The molecule has 3 saturated carbocycles. The SMILES string of the molecule is CC1CCC2(C)CC1C2. The van der Waals surface area contributed by atoms with Gasteiger partial charge in [-0.1, -0.05) is 13.8 Å². The molecular weight excluding hydrogens is 108 g/mol. The van der Waals surface area contributed by atoms with Crippen molar-refractivity contribution in [1.82, 2.24) is 0 Å². The van der Waals surface area contributed by atoms with Crippen LogP contribution in [0.4, 0.5) is 0 Å². The van der Waals surface area contributed by atoms with E-state index in [1.54, 1.807) is 0 Å². The lowest BCUT2D eigenvalue weighted by molar-refractivity contribution is -0.0263. The summed E-state index contributed by atoms with van der Waals surface area (Å²) in [6, 6.07) is 0. The molecule has 1 atom stereocenters. The van der Waals surface area contributed by atoms with Gasteiger partial charge in [0.1, 0.15) is 0 Å². The van der Waals surface area contributed by atoms with Gasteiger partial charge in [0, 0.05) is 0 Å². The number of hydrogen-bond acceptors (Lipinski definition) is 0. The second kappa shape index (κ2) is 1.53. The summed E-state index contributed by atoms with van der Waals surface area (Å²) in [5.74, 6) is 2.16. The maximum atomic E-state index is 2.45. The van der Waals surface area contributed by atoms with Crippen molar-refractivity contribution in [1.29, 1.82) is 0 Å². The Kier molecular flexibility index (Phi) is 0.980. The number of fused-ring (bicyclic) bond motifs is 2. The Morgan fingerprint density at radius 2 is 2.00 bits per heavy atom. The minimum Gasteiger partial charge on any atom is -0.0622 e. The molecule has 2 bridgehead atoms. The summed E-state index contributed by atoms with van der Waals surface area (Å²) in [5, 5.41) is 0. The van der Waals surface area contributed by atoms with E-state index < -0.39 is 0 Å². The summed E-state index contributed by atoms with van der Waals surface area (Å²) >= 11 is 0. The minimum absolute atomic E-state index is 0.803. The van der Waals surface area contributed by atoms with E-state index >= 15 is 0 Å².